The number of hydrogen-bond donors (Lipinski definition) is 2. The van der Waals surface area contributed by atoms with E-state index >= 15 is 0 Å². The van der Waals surface area contributed by atoms with E-state index in [2.05, 4.69) is 10.3 Å². The number of nitrogens with one attached hydrogen (secondary N) is 1. The second-order valence-electron chi connectivity index (χ2n) is 4.51. The lowest BCUT2D eigenvalue weighted by atomic mass is 10.1. The van der Waals surface area contributed by atoms with Crippen molar-refractivity contribution >= 4 is 40.5 Å². The van der Waals surface area contributed by atoms with E-state index in [4.69, 9.17) is 5.73 Å². The van der Waals surface area contributed by atoms with Gasteiger partial charge >= 0.3 is 0 Å². The highest BCUT2D eigenvalue weighted by Crippen LogP contribution is 2.15. The number of rotatable bonds is 6. The van der Waals surface area contributed by atoms with Crippen molar-refractivity contribution in [3.8, 4) is 0 Å². The fraction of sp³-hybridized carbons (Fsp3) is 0.286. The largest absolute Gasteiger partial charge is 0.343 e. The molecule has 22 heavy (non-hydrogen) atoms. The van der Waals surface area contributed by atoms with Crippen molar-refractivity contribution in [3.63, 3.8) is 0 Å². The van der Waals surface area contributed by atoms with Gasteiger partial charge in [-0.25, -0.2) is 4.98 Å². The molecular weight excluding hydrogens is 342 g/mol. The maximum absolute atomic E-state index is 12.2. The third-order valence-corrected chi connectivity index (χ3v) is 4.54. The lowest BCUT2D eigenvalue weighted by Crippen LogP contribution is -2.32. The second kappa shape index (κ2) is 8.99. The molecule has 0 aliphatic heterocycles. The Morgan fingerprint density at radius 3 is 2.64 bits per heavy atom. The van der Waals surface area contributed by atoms with Gasteiger partial charge in [-0.2, -0.15) is 0 Å². The molecule has 3 N–H and O–H groups in total. The number of benzene rings is 1. The van der Waals surface area contributed by atoms with E-state index in [1.165, 1.54) is 11.3 Å². The molecule has 0 aliphatic carbocycles. The van der Waals surface area contributed by atoms with Crippen LogP contribution in [0.2, 0.25) is 0 Å². The molecule has 0 fully saturated rings. The Bertz CT molecular complexity index is 634. The predicted octanol–water partition coefficient (Wildman–Crippen LogP) is 1.87. The number of nitrogens with zero attached hydrogens (tertiary/aromatic N) is 1. The van der Waals surface area contributed by atoms with Crippen LogP contribution in [0.3, 0.4) is 0 Å². The number of hydrogen-bond acceptors (Lipinski definition) is 5. The Hall–Kier alpha value is -1.28. The Labute approximate surface area is 142 Å². The van der Waals surface area contributed by atoms with Gasteiger partial charge in [0.15, 0.2) is 0 Å². The molecular formula is C14H18ClN3O2S2. The van der Waals surface area contributed by atoms with E-state index in [0.717, 1.165) is 10.6 Å². The molecule has 2 atom stereocenters. The maximum Gasteiger partial charge on any atom is 0.271 e. The third kappa shape index (κ3) is 5.17. The van der Waals surface area contributed by atoms with Crippen molar-refractivity contribution in [2.45, 2.75) is 12.6 Å². The van der Waals surface area contributed by atoms with Crippen LogP contribution in [0.15, 0.2) is 35.7 Å². The first kappa shape index (κ1) is 18.8. The zero-order valence-corrected chi connectivity index (χ0v) is 14.5. The minimum Gasteiger partial charge on any atom is -0.343 e. The molecule has 0 radical (unpaired) electrons. The highest BCUT2D eigenvalue weighted by Gasteiger charge is 2.18. The molecule has 1 heterocycles. The van der Waals surface area contributed by atoms with Gasteiger partial charge in [0.1, 0.15) is 10.7 Å². The highest BCUT2D eigenvalue weighted by atomic mass is 35.5. The molecule has 2 rings (SSSR count). The van der Waals surface area contributed by atoms with E-state index in [0.29, 0.717) is 18.0 Å². The molecule has 120 valence electrons. The summed E-state index contributed by atoms with van der Waals surface area (Å²) in [5.74, 6) is 0.0918. The Morgan fingerprint density at radius 1 is 1.41 bits per heavy atom. The minimum absolute atomic E-state index is 0. The zero-order valence-electron chi connectivity index (χ0n) is 12.0. The van der Waals surface area contributed by atoms with Crippen LogP contribution in [0.1, 0.15) is 27.1 Å². The van der Waals surface area contributed by atoms with E-state index in [9.17, 15) is 9.00 Å². The normalized spacial score (nSPS) is 13.0. The monoisotopic (exact) mass is 359 g/mol. The standard InChI is InChI=1S/C14H17N3O2S2.ClH/c1-21(19)9-12(10-5-3-2-4-6-10)17-14(18)11-8-20-13(7-15)16-11;/h2-6,8,12H,7,9,15H2,1H3,(H,17,18);1H. The van der Waals surface area contributed by atoms with Gasteiger partial charge in [0.05, 0.1) is 6.04 Å². The smallest absolute Gasteiger partial charge is 0.271 e. The number of carbonyl (C=O) groups is 1. The first-order valence-corrected chi connectivity index (χ1v) is 9.01. The van der Waals surface area contributed by atoms with Crippen LogP contribution in [0, 0.1) is 0 Å². The summed E-state index contributed by atoms with van der Waals surface area (Å²) in [5, 5.41) is 5.29. The second-order valence-corrected chi connectivity index (χ2v) is 6.93. The van der Waals surface area contributed by atoms with Gasteiger partial charge in [-0.05, 0) is 5.56 Å². The molecule has 0 aliphatic rings. The van der Waals surface area contributed by atoms with Crippen LogP contribution >= 0.6 is 23.7 Å². The van der Waals surface area contributed by atoms with Gasteiger partial charge in [-0.3, -0.25) is 9.00 Å². The Balaban J connectivity index is 0.00000242. The maximum atomic E-state index is 12.2. The molecule has 1 aromatic heterocycles. The number of aromatic nitrogens is 1. The molecule has 0 saturated heterocycles. The van der Waals surface area contributed by atoms with Crippen LogP contribution in [0.25, 0.3) is 0 Å². The highest BCUT2D eigenvalue weighted by molar-refractivity contribution is 7.84. The van der Waals surface area contributed by atoms with Crippen molar-refractivity contribution in [1.29, 1.82) is 0 Å². The third-order valence-electron chi connectivity index (χ3n) is 2.87. The van der Waals surface area contributed by atoms with Gasteiger partial charge in [0.2, 0.25) is 0 Å². The summed E-state index contributed by atoms with van der Waals surface area (Å²) in [6, 6.07) is 9.20. The summed E-state index contributed by atoms with van der Waals surface area (Å²) >= 11 is 1.36. The van der Waals surface area contributed by atoms with Gasteiger partial charge < -0.3 is 11.1 Å². The summed E-state index contributed by atoms with van der Waals surface area (Å²) in [5.41, 5.74) is 6.77. The van der Waals surface area contributed by atoms with E-state index in [1.54, 1.807) is 11.6 Å². The topological polar surface area (TPSA) is 85.1 Å². The van der Waals surface area contributed by atoms with Crippen LogP contribution < -0.4 is 11.1 Å². The van der Waals surface area contributed by atoms with Gasteiger partial charge in [0, 0.05) is 34.7 Å². The number of carbonyl (C=O) groups excluding carboxylic acids is 1. The summed E-state index contributed by atoms with van der Waals surface area (Å²) in [4.78, 5) is 16.4. The van der Waals surface area contributed by atoms with Crippen LogP contribution in [0.5, 0.6) is 0 Å². The van der Waals surface area contributed by atoms with Crippen LogP contribution in [0.4, 0.5) is 0 Å². The fourth-order valence-corrected chi connectivity index (χ4v) is 3.28. The molecule has 1 amide bonds. The first-order chi connectivity index (χ1) is 10.1. The molecule has 2 aromatic rings. The Kier molecular flexibility index (Phi) is 7.67. The lowest BCUT2D eigenvalue weighted by Gasteiger charge is -2.17. The number of nitrogens with two attached hydrogens (primary N) is 1. The first-order valence-electron chi connectivity index (χ1n) is 6.40. The number of thiazole rings is 1. The summed E-state index contributed by atoms with van der Waals surface area (Å²) in [7, 11) is -1.02. The van der Waals surface area contributed by atoms with Crippen LogP contribution in [-0.2, 0) is 17.3 Å². The van der Waals surface area contributed by atoms with E-state index in [1.807, 2.05) is 30.3 Å². The molecule has 8 heteroatoms. The van der Waals surface area contributed by atoms with Crippen molar-refractivity contribution < 1.29 is 9.00 Å². The quantitative estimate of drug-likeness (QED) is 0.824. The summed E-state index contributed by atoms with van der Waals surface area (Å²) in [6.07, 6.45) is 1.62. The Morgan fingerprint density at radius 2 is 2.09 bits per heavy atom. The lowest BCUT2D eigenvalue weighted by molar-refractivity contribution is 0.0936. The van der Waals surface area contributed by atoms with Gasteiger partial charge in [-0.1, -0.05) is 30.3 Å². The van der Waals surface area contributed by atoms with Crippen LogP contribution in [-0.4, -0.2) is 27.1 Å². The summed E-state index contributed by atoms with van der Waals surface area (Å²) in [6.45, 7) is 0.318. The van der Waals surface area contributed by atoms with Gasteiger partial charge in [0.25, 0.3) is 5.91 Å². The molecule has 0 saturated carbocycles. The molecule has 0 spiro atoms. The molecule has 2 unspecified atom stereocenters. The average molecular weight is 360 g/mol. The molecule has 5 nitrogen and oxygen atoms in total. The molecule has 1 aromatic carbocycles. The average Bonchev–Trinajstić information content (AvgIpc) is 2.96. The number of amides is 1. The number of halogens is 1. The van der Waals surface area contributed by atoms with Crippen molar-refractivity contribution in [3.05, 3.63) is 52.0 Å². The van der Waals surface area contributed by atoms with E-state index in [-0.39, 0.29) is 24.4 Å². The minimum atomic E-state index is -1.02. The van der Waals surface area contributed by atoms with E-state index < -0.39 is 10.8 Å². The fourth-order valence-electron chi connectivity index (χ4n) is 1.88. The molecule has 0 bridgehead atoms. The van der Waals surface area contributed by atoms with Crippen molar-refractivity contribution in [1.82, 2.24) is 10.3 Å². The van der Waals surface area contributed by atoms with Gasteiger partial charge in [-0.15, -0.1) is 23.7 Å². The summed E-state index contributed by atoms with van der Waals surface area (Å²) < 4.78 is 11.5. The zero-order chi connectivity index (χ0) is 15.2. The van der Waals surface area contributed by atoms with Crippen molar-refractivity contribution in [2.24, 2.45) is 5.73 Å². The van der Waals surface area contributed by atoms with Crippen molar-refractivity contribution in [2.75, 3.05) is 12.0 Å². The predicted molar refractivity (Wildman–Crippen MR) is 92.8 cm³/mol. The SMILES string of the molecule is CS(=O)CC(NC(=O)c1csc(CN)n1)c1ccccc1.Cl.